The molecule has 0 radical (unpaired) electrons. The molecular formula is C10H9NO2. The second-order valence-corrected chi connectivity index (χ2v) is 2.84. The van der Waals surface area contributed by atoms with Crippen LogP contribution in [0.15, 0.2) is 22.9 Å². The van der Waals surface area contributed by atoms with E-state index in [2.05, 4.69) is 4.98 Å². The summed E-state index contributed by atoms with van der Waals surface area (Å²) in [6, 6.07) is 1.70. The molecule has 0 spiro atoms. The number of aryl methyl sites for hydroxylation is 1. The van der Waals surface area contributed by atoms with Gasteiger partial charge in [-0.05, 0) is 12.5 Å². The molecule has 0 saturated carbocycles. The molecule has 0 atom stereocenters. The Morgan fingerprint density at radius 1 is 1.54 bits per heavy atom. The zero-order chi connectivity index (χ0) is 9.26. The first kappa shape index (κ1) is 7.98. The van der Waals surface area contributed by atoms with Gasteiger partial charge in [0.15, 0.2) is 12.0 Å². The minimum atomic E-state index is 0.359. The van der Waals surface area contributed by atoms with Gasteiger partial charge in [-0.1, -0.05) is 6.92 Å². The molecule has 13 heavy (non-hydrogen) atoms. The minimum absolute atomic E-state index is 0.359. The van der Waals surface area contributed by atoms with Crippen LogP contribution in [0, 0.1) is 0 Å². The first-order valence-corrected chi connectivity index (χ1v) is 4.16. The lowest BCUT2D eigenvalue weighted by Crippen LogP contribution is -1.81. The van der Waals surface area contributed by atoms with Gasteiger partial charge in [0, 0.05) is 23.3 Å². The fourth-order valence-electron chi connectivity index (χ4n) is 1.35. The highest BCUT2D eigenvalue weighted by Gasteiger charge is 2.06. The van der Waals surface area contributed by atoms with Crippen LogP contribution in [0.2, 0.25) is 0 Å². The molecule has 2 heterocycles. The molecule has 0 unspecified atom stereocenters. The molecule has 0 aromatic carbocycles. The van der Waals surface area contributed by atoms with Crippen molar-refractivity contribution in [3.8, 4) is 0 Å². The van der Waals surface area contributed by atoms with Gasteiger partial charge in [0.05, 0.1) is 0 Å². The van der Waals surface area contributed by atoms with E-state index < -0.39 is 0 Å². The Labute approximate surface area is 75.4 Å². The molecule has 0 amide bonds. The van der Waals surface area contributed by atoms with Gasteiger partial charge in [-0.3, -0.25) is 9.78 Å². The van der Waals surface area contributed by atoms with E-state index in [0.717, 1.165) is 23.0 Å². The Bertz CT molecular complexity index is 445. The second-order valence-electron chi connectivity index (χ2n) is 2.84. The summed E-state index contributed by atoms with van der Waals surface area (Å²) in [5.41, 5.74) is 1.81. The number of rotatable bonds is 2. The van der Waals surface area contributed by atoms with Gasteiger partial charge in [0.2, 0.25) is 0 Å². The summed E-state index contributed by atoms with van der Waals surface area (Å²) in [4.78, 5) is 14.5. The molecule has 3 nitrogen and oxygen atoms in total. The summed E-state index contributed by atoms with van der Waals surface area (Å²) in [5.74, 6) is 0.359. The van der Waals surface area contributed by atoms with E-state index in [0.29, 0.717) is 12.0 Å². The van der Waals surface area contributed by atoms with Crippen LogP contribution in [0.3, 0.4) is 0 Å². The lowest BCUT2D eigenvalue weighted by atomic mass is 10.2. The average molecular weight is 175 g/mol. The molecule has 0 fully saturated rings. The standard InChI is InChI=1S/C10H9NO2/c1-2-7-4-11-5-8-3-9(6-12)13-10(7)8/h3-6H,2H2,1H3. The quantitative estimate of drug-likeness (QED) is 0.657. The highest BCUT2D eigenvalue weighted by atomic mass is 16.3. The van der Waals surface area contributed by atoms with Gasteiger partial charge in [0.1, 0.15) is 5.58 Å². The van der Waals surface area contributed by atoms with Crippen molar-refractivity contribution in [2.75, 3.05) is 0 Å². The van der Waals surface area contributed by atoms with Gasteiger partial charge in [-0.15, -0.1) is 0 Å². The Hall–Kier alpha value is -1.64. The molecule has 3 heteroatoms. The van der Waals surface area contributed by atoms with Gasteiger partial charge in [0.25, 0.3) is 0 Å². The molecular weight excluding hydrogens is 166 g/mol. The Kier molecular flexibility index (Phi) is 1.85. The molecule has 0 N–H and O–H groups in total. The number of furan rings is 1. The van der Waals surface area contributed by atoms with Gasteiger partial charge >= 0.3 is 0 Å². The molecule has 0 bridgehead atoms. The predicted octanol–water partition coefficient (Wildman–Crippen LogP) is 2.20. The van der Waals surface area contributed by atoms with Crippen molar-refractivity contribution in [1.82, 2.24) is 4.98 Å². The van der Waals surface area contributed by atoms with E-state index in [9.17, 15) is 4.79 Å². The molecule has 0 saturated heterocycles. The lowest BCUT2D eigenvalue weighted by molar-refractivity contribution is 0.110. The first-order valence-electron chi connectivity index (χ1n) is 4.16. The summed E-state index contributed by atoms with van der Waals surface area (Å²) in [6.07, 6.45) is 5.03. The maximum atomic E-state index is 10.5. The number of carbonyl (C=O) groups excluding carboxylic acids is 1. The van der Waals surface area contributed by atoms with Crippen molar-refractivity contribution >= 4 is 17.3 Å². The molecule has 0 aliphatic carbocycles. The Morgan fingerprint density at radius 2 is 2.38 bits per heavy atom. The summed E-state index contributed by atoms with van der Waals surface area (Å²) in [6.45, 7) is 2.03. The fraction of sp³-hybridized carbons (Fsp3) is 0.200. The number of pyridine rings is 1. The van der Waals surface area contributed by atoms with Crippen LogP contribution >= 0.6 is 0 Å². The highest BCUT2D eigenvalue weighted by molar-refractivity contribution is 5.86. The molecule has 2 aromatic heterocycles. The number of hydrogen-bond acceptors (Lipinski definition) is 3. The average Bonchev–Trinajstić information content (AvgIpc) is 2.59. The van der Waals surface area contributed by atoms with Crippen molar-refractivity contribution < 1.29 is 9.21 Å². The zero-order valence-electron chi connectivity index (χ0n) is 7.28. The van der Waals surface area contributed by atoms with E-state index in [1.54, 1.807) is 18.5 Å². The SMILES string of the molecule is CCc1cncc2cc(C=O)oc12. The molecule has 0 aliphatic heterocycles. The Morgan fingerprint density at radius 3 is 3.08 bits per heavy atom. The van der Waals surface area contributed by atoms with Crippen LogP contribution in [0.5, 0.6) is 0 Å². The predicted molar refractivity (Wildman–Crippen MR) is 48.8 cm³/mol. The Balaban J connectivity index is 2.74. The van der Waals surface area contributed by atoms with Crippen molar-refractivity contribution in [2.24, 2.45) is 0 Å². The molecule has 0 aliphatic rings. The van der Waals surface area contributed by atoms with Crippen LogP contribution in [0.4, 0.5) is 0 Å². The maximum absolute atomic E-state index is 10.5. The van der Waals surface area contributed by atoms with Crippen LogP contribution in [-0.2, 0) is 6.42 Å². The number of nitrogens with zero attached hydrogens (tertiary/aromatic N) is 1. The van der Waals surface area contributed by atoms with Crippen molar-refractivity contribution in [2.45, 2.75) is 13.3 Å². The van der Waals surface area contributed by atoms with E-state index in [1.165, 1.54) is 0 Å². The van der Waals surface area contributed by atoms with Gasteiger partial charge in [-0.25, -0.2) is 0 Å². The van der Waals surface area contributed by atoms with Gasteiger partial charge in [-0.2, -0.15) is 0 Å². The monoisotopic (exact) mass is 175 g/mol. The van der Waals surface area contributed by atoms with E-state index in [-0.39, 0.29) is 0 Å². The fourth-order valence-corrected chi connectivity index (χ4v) is 1.35. The number of aromatic nitrogens is 1. The van der Waals surface area contributed by atoms with Crippen molar-refractivity contribution in [1.29, 1.82) is 0 Å². The molecule has 66 valence electrons. The summed E-state index contributed by atoms with van der Waals surface area (Å²) >= 11 is 0. The number of hydrogen-bond donors (Lipinski definition) is 0. The normalized spacial score (nSPS) is 10.5. The lowest BCUT2D eigenvalue weighted by Gasteiger charge is -1.94. The van der Waals surface area contributed by atoms with Crippen LogP contribution in [0.1, 0.15) is 23.0 Å². The summed E-state index contributed by atoms with van der Waals surface area (Å²) in [5, 5.41) is 0.890. The largest absolute Gasteiger partial charge is 0.453 e. The number of fused-ring (bicyclic) bond motifs is 1. The second kappa shape index (κ2) is 3.01. The van der Waals surface area contributed by atoms with Gasteiger partial charge < -0.3 is 4.42 Å². The van der Waals surface area contributed by atoms with Crippen molar-refractivity contribution in [3.05, 3.63) is 29.8 Å². The van der Waals surface area contributed by atoms with Crippen LogP contribution in [-0.4, -0.2) is 11.3 Å². The minimum Gasteiger partial charge on any atom is -0.453 e. The summed E-state index contributed by atoms with van der Waals surface area (Å²) in [7, 11) is 0. The van der Waals surface area contributed by atoms with Crippen molar-refractivity contribution in [3.63, 3.8) is 0 Å². The zero-order valence-corrected chi connectivity index (χ0v) is 7.28. The third-order valence-electron chi connectivity index (χ3n) is 2.01. The van der Waals surface area contributed by atoms with Crippen LogP contribution < -0.4 is 0 Å². The smallest absolute Gasteiger partial charge is 0.185 e. The van der Waals surface area contributed by atoms with E-state index in [1.807, 2.05) is 6.92 Å². The third-order valence-corrected chi connectivity index (χ3v) is 2.01. The highest BCUT2D eigenvalue weighted by Crippen LogP contribution is 2.21. The van der Waals surface area contributed by atoms with E-state index in [4.69, 9.17) is 4.42 Å². The first-order chi connectivity index (χ1) is 6.35. The van der Waals surface area contributed by atoms with Crippen LogP contribution in [0.25, 0.3) is 11.0 Å². The molecule has 2 rings (SSSR count). The summed E-state index contributed by atoms with van der Waals surface area (Å²) < 4.78 is 5.33. The number of carbonyl (C=O) groups is 1. The maximum Gasteiger partial charge on any atom is 0.185 e. The number of aldehydes is 1. The topological polar surface area (TPSA) is 43.1 Å². The van der Waals surface area contributed by atoms with E-state index >= 15 is 0 Å². The molecule has 2 aromatic rings. The third kappa shape index (κ3) is 1.22.